The van der Waals surface area contributed by atoms with Crippen LogP contribution < -0.4 is 18.9 Å². The van der Waals surface area contributed by atoms with Crippen molar-refractivity contribution in [1.29, 1.82) is 0 Å². The molecule has 156 valence electrons. The summed E-state index contributed by atoms with van der Waals surface area (Å²) in [6, 6.07) is 11.6. The highest BCUT2D eigenvalue weighted by atomic mass is 16.5. The summed E-state index contributed by atoms with van der Waals surface area (Å²) in [5, 5.41) is 0. The maximum Gasteiger partial charge on any atom is 0.343 e. The van der Waals surface area contributed by atoms with Crippen LogP contribution in [0.4, 0.5) is 0 Å². The van der Waals surface area contributed by atoms with Gasteiger partial charge in [0.2, 0.25) is 5.78 Å². The number of para-hydroxylation sites is 1. The average Bonchev–Trinajstić information content (AvgIpc) is 3.09. The minimum Gasteiger partial charge on any atom is -0.493 e. The minimum absolute atomic E-state index is 0.141. The molecule has 1 aromatic heterocycles. The standard InChI is InChI=1S/C24H19NO6/c1-14-11-17(30-24(27)15-7-9-25-10-8-15)13-19-21(14)22(26)20(31-19)12-16-5-4-6-18(28-2)23(16)29-3/h4-13H,1-3H3/b20-12-. The molecule has 0 fully saturated rings. The zero-order chi connectivity index (χ0) is 22.0. The molecular formula is C24H19NO6. The Morgan fingerprint density at radius 1 is 1.06 bits per heavy atom. The van der Waals surface area contributed by atoms with Crippen molar-refractivity contribution in [3.63, 3.8) is 0 Å². The molecule has 0 spiro atoms. The molecule has 2 heterocycles. The van der Waals surface area contributed by atoms with Crippen LogP contribution >= 0.6 is 0 Å². The number of rotatable bonds is 5. The second-order valence-corrected chi connectivity index (χ2v) is 6.76. The summed E-state index contributed by atoms with van der Waals surface area (Å²) >= 11 is 0. The molecule has 7 nitrogen and oxygen atoms in total. The van der Waals surface area contributed by atoms with Gasteiger partial charge in [0.15, 0.2) is 17.3 Å². The van der Waals surface area contributed by atoms with Crippen LogP contribution in [-0.2, 0) is 0 Å². The van der Waals surface area contributed by atoms with Gasteiger partial charge in [-0.3, -0.25) is 9.78 Å². The second kappa shape index (κ2) is 8.31. The van der Waals surface area contributed by atoms with E-state index in [0.29, 0.717) is 39.5 Å². The Balaban J connectivity index is 1.65. The van der Waals surface area contributed by atoms with Crippen LogP contribution in [0.1, 0.15) is 31.8 Å². The molecule has 0 N–H and O–H groups in total. The van der Waals surface area contributed by atoms with E-state index >= 15 is 0 Å². The van der Waals surface area contributed by atoms with Crippen LogP contribution in [-0.4, -0.2) is 31.0 Å². The van der Waals surface area contributed by atoms with E-state index in [-0.39, 0.29) is 17.3 Å². The Morgan fingerprint density at radius 2 is 1.84 bits per heavy atom. The summed E-state index contributed by atoms with van der Waals surface area (Å²) in [5.41, 5.74) is 2.08. The van der Waals surface area contributed by atoms with Gasteiger partial charge in [-0.25, -0.2) is 4.79 Å². The van der Waals surface area contributed by atoms with Crippen LogP contribution in [0.25, 0.3) is 6.08 Å². The number of aromatic nitrogens is 1. The summed E-state index contributed by atoms with van der Waals surface area (Å²) in [6.07, 6.45) is 4.62. The van der Waals surface area contributed by atoms with Gasteiger partial charge in [-0.1, -0.05) is 12.1 Å². The van der Waals surface area contributed by atoms with E-state index in [1.54, 1.807) is 56.5 Å². The van der Waals surface area contributed by atoms with Crippen LogP contribution in [0, 0.1) is 6.92 Å². The van der Waals surface area contributed by atoms with E-state index in [1.807, 2.05) is 0 Å². The zero-order valence-electron chi connectivity index (χ0n) is 17.2. The molecular weight excluding hydrogens is 398 g/mol. The van der Waals surface area contributed by atoms with Gasteiger partial charge in [-0.15, -0.1) is 0 Å². The third-order valence-electron chi connectivity index (χ3n) is 4.79. The molecule has 0 saturated carbocycles. The fraction of sp³-hybridized carbons (Fsp3) is 0.125. The van der Waals surface area contributed by atoms with E-state index in [4.69, 9.17) is 18.9 Å². The highest BCUT2D eigenvalue weighted by Gasteiger charge is 2.30. The van der Waals surface area contributed by atoms with E-state index in [1.165, 1.54) is 25.6 Å². The number of Topliss-reactive ketones (excluding diaryl/α,β-unsaturated/α-hetero) is 1. The number of fused-ring (bicyclic) bond motifs is 1. The van der Waals surface area contributed by atoms with Gasteiger partial charge >= 0.3 is 5.97 Å². The van der Waals surface area contributed by atoms with Gasteiger partial charge in [0.25, 0.3) is 0 Å². The quantitative estimate of drug-likeness (QED) is 0.349. The van der Waals surface area contributed by atoms with Crippen LogP contribution in [0.3, 0.4) is 0 Å². The second-order valence-electron chi connectivity index (χ2n) is 6.76. The van der Waals surface area contributed by atoms with Crippen molar-refractivity contribution in [1.82, 2.24) is 4.98 Å². The highest BCUT2D eigenvalue weighted by Crippen LogP contribution is 2.39. The summed E-state index contributed by atoms with van der Waals surface area (Å²) in [7, 11) is 3.07. The number of allylic oxidation sites excluding steroid dienone is 1. The normalized spacial score (nSPS) is 13.5. The molecule has 0 bridgehead atoms. The molecule has 31 heavy (non-hydrogen) atoms. The molecule has 0 atom stereocenters. The number of benzene rings is 2. The molecule has 0 saturated heterocycles. The fourth-order valence-electron chi connectivity index (χ4n) is 3.36. The van der Waals surface area contributed by atoms with E-state index in [0.717, 1.165) is 0 Å². The number of hydrogen-bond donors (Lipinski definition) is 0. The number of aryl methyl sites for hydroxylation is 1. The Kier molecular flexibility index (Phi) is 5.41. The number of esters is 1. The number of ketones is 1. The summed E-state index contributed by atoms with van der Waals surface area (Å²) < 4.78 is 22.0. The third-order valence-corrected chi connectivity index (χ3v) is 4.79. The van der Waals surface area contributed by atoms with Crippen molar-refractivity contribution < 1.29 is 28.5 Å². The Morgan fingerprint density at radius 3 is 2.55 bits per heavy atom. The zero-order valence-corrected chi connectivity index (χ0v) is 17.2. The first-order valence-electron chi connectivity index (χ1n) is 9.44. The molecule has 3 aromatic rings. The highest BCUT2D eigenvalue weighted by molar-refractivity contribution is 6.15. The van der Waals surface area contributed by atoms with Gasteiger partial charge in [0, 0.05) is 24.0 Å². The molecule has 1 aliphatic rings. The molecule has 4 rings (SSSR count). The first-order chi connectivity index (χ1) is 15.0. The molecule has 0 unspecified atom stereocenters. The Bertz CT molecular complexity index is 1200. The molecule has 1 aliphatic heterocycles. The maximum atomic E-state index is 13.0. The van der Waals surface area contributed by atoms with Crippen LogP contribution in [0.5, 0.6) is 23.0 Å². The summed E-state index contributed by atoms with van der Waals surface area (Å²) in [6.45, 7) is 1.76. The van der Waals surface area contributed by atoms with Crippen molar-refractivity contribution in [3.8, 4) is 23.0 Å². The van der Waals surface area contributed by atoms with Gasteiger partial charge in [-0.05, 0) is 42.8 Å². The third kappa shape index (κ3) is 3.85. The van der Waals surface area contributed by atoms with Crippen LogP contribution in [0.2, 0.25) is 0 Å². The van der Waals surface area contributed by atoms with E-state index in [2.05, 4.69) is 4.98 Å². The van der Waals surface area contributed by atoms with Gasteiger partial charge in [-0.2, -0.15) is 0 Å². The lowest BCUT2D eigenvalue weighted by molar-refractivity contribution is 0.0734. The van der Waals surface area contributed by atoms with Crippen molar-refractivity contribution in [2.24, 2.45) is 0 Å². The number of hydrogen-bond acceptors (Lipinski definition) is 7. The average molecular weight is 417 g/mol. The number of carbonyl (C=O) groups is 2. The van der Waals surface area contributed by atoms with E-state index in [9.17, 15) is 9.59 Å². The summed E-state index contributed by atoms with van der Waals surface area (Å²) in [5.74, 6) is 1.01. The number of pyridine rings is 1. The first kappa shape index (κ1) is 20.2. The number of methoxy groups -OCH3 is 2. The van der Waals surface area contributed by atoms with Crippen molar-refractivity contribution >= 4 is 17.8 Å². The Labute approximate surface area is 178 Å². The lowest BCUT2D eigenvalue weighted by Gasteiger charge is -2.10. The van der Waals surface area contributed by atoms with E-state index < -0.39 is 5.97 Å². The molecule has 0 radical (unpaired) electrons. The molecule has 7 heteroatoms. The van der Waals surface area contributed by atoms with Gasteiger partial charge in [0.05, 0.1) is 25.3 Å². The fourth-order valence-corrected chi connectivity index (χ4v) is 3.36. The van der Waals surface area contributed by atoms with Crippen molar-refractivity contribution in [2.45, 2.75) is 6.92 Å². The monoisotopic (exact) mass is 417 g/mol. The predicted octanol–water partition coefficient (Wildman–Crippen LogP) is 4.24. The van der Waals surface area contributed by atoms with Crippen molar-refractivity contribution in [3.05, 3.63) is 82.9 Å². The van der Waals surface area contributed by atoms with Gasteiger partial charge < -0.3 is 18.9 Å². The number of carbonyl (C=O) groups excluding carboxylic acids is 2. The SMILES string of the molecule is COc1cccc(/C=C2\Oc3cc(OC(=O)c4ccncc4)cc(C)c3C2=O)c1OC. The van der Waals surface area contributed by atoms with Crippen LogP contribution in [0.15, 0.2) is 60.6 Å². The lowest BCUT2D eigenvalue weighted by Crippen LogP contribution is -2.08. The topological polar surface area (TPSA) is 84.0 Å². The molecule has 2 aromatic carbocycles. The molecule has 0 amide bonds. The lowest BCUT2D eigenvalue weighted by atomic mass is 10.0. The molecule has 0 aliphatic carbocycles. The smallest absolute Gasteiger partial charge is 0.343 e. The number of ether oxygens (including phenoxy) is 4. The minimum atomic E-state index is -0.525. The Hall–Kier alpha value is -4.13. The maximum absolute atomic E-state index is 13.0. The first-order valence-corrected chi connectivity index (χ1v) is 9.44. The predicted molar refractivity (Wildman–Crippen MR) is 113 cm³/mol. The number of nitrogens with zero attached hydrogens (tertiary/aromatic N) is 1. The van der Waals surface area contributed by atoms with Gasteiger partial charge in [0.1, 0.15) is 11.5 Å². The van der Waals surface area contributed by atoms with Crippen molar-refractivity contribution in [2.75, 3.05) is 14.2 Å². The largest absolute Gasteiger partial charge is 0.493 e. The summed E-state index contributed by atoms with van der Waals surface area (Å²) in [4.78, 5) is 29.2.